The molecule has 0 unspecified atom stereocenters. The zero-order valence-corrected chi connectivity index (χ0v) is 15.5. The molecule has 0 saturated heterocycles. The van der Waals surface area contributed by atoms with Crippen LogP contribution in [0.3, 0.4) is 0 Å². The fraction of sp³-hybridized carbons (Fsp3) is 0.300. The maximum absolute atomic E-state index is 12.9. The number of rotatable bonds is 6. The summed E-state index contributed by atoms with van der Waals surface area (Å²) in [5.41, 5.74) is 1.70. The monoisotopic (exact) mass is 354 g/mol. The van der Waals surface area contributed by atoms with Gasteiger partial charge in [-0.1, -0.05) is 30.3 Å². The van der Waals surface area contributed by atoms with Crippen molar-refractivity contribution in [2.75, 3.05) is 0 Å². The standard InChI is InChI=1S/C20H22N2O2S/c1-14(2)22(12-17-10-9-15(3)24-17)20(23)18-13-25-19(21-18)11-16-7-5-4-6-8-16/h4-10,13-14H,11-12H2,1-3H3. The zero-order chi connectivity index (χ0) is 17.8. The van der Waals surface area contributed by atoms with Gasteiger partial charge in [0.15, 0.2) is 0 Å². The highest BCUT2D eigenvalue weighted by molar-refractivity contribution is 7.09. The quantitative estimate of drug-likeness (QED) is 0.645. The molecule has 3 rings (SSSR count). The third-order valence-corrected chi connectivity index (χ3v) is 4.82. The van der Waals surface area contributed by atoms with Crippen molar-refractivity contribution in [3.8, 4) is 0 Å². The second kappa shape index (κ2) is 7.66. The lowest BCUT2D eigenvalue weighted by molar-refractivity contribution is 0.0670. The summed E-state index contributed by atoms with van der Waals surface area (Å²) in [6, 6.07) is 14.1. The van der Waals surface area contributed by atoms with Gasteiger partial charge in [0, 0.05) is 17.8 Å². The molecule has 2 heterocycles. The number of nitrogens with zero attached hydrogens (tertiary/aromatic N) is 2. The Morgan fingerprint density at radius 1 is 1.20 bits per heavy atom. The molecule has 0 atom stereocenters. The normalized spacial score (nSPS) is 11.0. The summed E-state index contributed by atoms with van der Waals surface area (Å²) in [6.07, 6.45) is 0.748. The highest BCUT2D eigenvalue weighted by Gasteiger charge is 2.22. The number of hydrogen-bond acceptors (Lipinski definition) is 4. The van der Waals surface area contributed by atoms with Crippen molar-refractivity contribution in [3.63, 3.8) is 0 Å². The van der Waals surface area contributed by atoms with Gasteiger partial charge in [0.25, 0.3) is 5.91 Å². The van der Waals surface area contributed by atoms with Crippen LogP contribution in [0.25, 0.3) is 0 Å². The van der Waals surface area contributed by atoms with Crippen LogP contribution in [-0.4, -0.2) is 21.8 Å². The van der Waals surface area contributed by atoms with E-state index in [9.17, 15) is 4.79 Å². The third kappa shape index (κ3) is 4.37. The van der Waals surface area contributed by atoms with Gasteiger partial charge in [0.2, 0.25) is 0 Å². The number of furan rings is 1. The van der Waals surface area contributed by atoms with E-state index in [1.807, 2.05) is 56.5 Å². The van der Waals surface area contributed by atoms with Crippen molar-refractivity contribution in [3.05, 3.63) is 75.6 Å². The minimum atomic E-state index is -0.0559. The van der Waals surface area contributed by atoms with E-state index in [4.69, 9.17) is 4.42 Å². The molecule has 0 aliphatic rings. The number of hydrogen-bond donors (Lipinski definition) is 0. The van der Waals surface area contributed by atoms with Gasteiger partial charge in [-0.05, 0) is 38.5 Å². The fourth-order valence-corrected chi connectivity index (χ4v) is 3.44. The van der Waals surface area contributed by atoms with Gasteiger partial charge in [-0.25, -0.2) is 4.98 Å². The van der Waals surface area contributed by atoms with E-state index in [-0.39, 0.29) is 11.9 Å². The number of aryl methyl sites for hydroxylation is 1. The number of benzene rings is 1. The van der Waals surface area contributed by atoms with Crippen LogP contribution in [0.2, 0.25) is 0 Å². The summed E-state index contributed by atoms with van der Waals surface area (Å²) in [5.74, 6) is 1.59. The van der Waals surface area contributed by atoms with E-state index in [1.54, 1.807) is 4.90 Å². The first-order valence-electron chi connectivity index (χ1n) is 8.37. The molecule has 1 aromatic carbocycles. The molecular formula is C20H22N2O2S. The highest BCUT2D eigenvalue weighted by Crippen LogP contribution is 2.19. The van der Waals surface area contributed by atoms with Crippen LogP contribution in [0.5, 0.6) is 0 Å². The van der Waals surface area contributed by atoms with Gasteiger partial charge >= 0.3 is 0 Å². The summed E-state index contributed by atoms with van der Waals surface area (Å²) in [5, 5.41) is 2.80. The Kier molecular flexibility index (Phi) is 5.34. The minimum absolute atomic E-state index is 0.0559. The SMILES string of the molecule is Cc1ccc(CN(C(=O)c2csc(Cc3ccccc3)n2)C(C)C)o1. The molecule has 3 aromatic rings. The Morgan fingerprint density at radius 2 is 1.96 bits per heavy atom. The van der Waals surface area contributed by atoms with E-state index >= 15 is 0 Å². The van der Waals surface area contributed by atoms with E-state index in [1.165, 1.54) is 16.9 Å². The predicted molar refractivity (Wildman–Crippen MR) is 99.8 cm³/mol. The van der Waals surface area contributed by atoms with Crippen LogP contribution in [-0.2, 0) is 13.0 Å². The Balaban J connectivity index is 1.74. The topological polar surface area (TPSA) is 46.3 Å². The summed E-state index contributed by atoms with van der Waals surface area (Å²) in [6.45, 7) is 6.37. The van der Waals surface area contributed by atoms with Crippen LogP contribution >= 0.6 is 11.3 Å². The number of carbonyl (C=O) groups excluding carboxylic acids is 1. The Labute approximate surface area is 152 Å². The van der Waals surface area contributed by atoms with Crippen molar-refractivity contribution < 1.29 is 9.21 Å². The fourth-order valence-electron chi connectivity index (χ4n) is 2.63. The van der Waals surface area contributed by atoms with Gasteiger partial charge in [-0.2, -0.15) is 0 Å². The van der Waals surface area contributed by atoms with Gasteiger partial charge < -0.3 is 9.32 Å². The lowest BCUT2D eigenvalue weighted by atomic mass is 10.2. The van der Waals surface area contributed by atoms with E-state index in [0.29, 0.717) is 12.2 Å². The first-order chi connectivity index (χ1) is 12.0. The molecule has 130 valence electrons. The summed E-state index contributed by atoms with van der Waals surface area (Å²) in [4.78, 5) is 19.2. The molecule has 0 aliphatic carbocycles. The van der Waals surface area contributed by atoms with Crippen molar-refractivity contribution in [2.24, 2.45) is 0 Å². The van der Waals surface area contributed by atoms with Crippen molar-refractivity contribution in [1.29, 1.82) is 0 Å². The molecule has 0 fully saturated rings. The average molecular weight is 354 g/mol. The number of aromatic nitrogens is 1. The van der Waals surface area contributed by atoms with Crippen LogP contribution in [0.4, 0.5) is 0 Å². The predicted octanol–water partition coefficient (Wildman–Crippen LogP) is 4.69. The van der Waals surface area contributed by atoms with Crippen molar-refractivity contribution in [1.82, 2.24) is 9.88 Å². The smallest absolute Gasteiger partial charge is 0.273 e. The largest absolute Gasteiger partial charge is 0.464 e. The average Bonchev–Trinajstić information content (AvgIpc) is 3.22. The number of thiazole rings is 1. The van der Waals surface area contributed by atoms with Gasteiger partial charge in [0.05, 0.1) is 11.6 Å². The van der Waals surface area contributed by atoms with E-state index in [2.05, 4.69) is 17.1 Å². The maximum Gasteiger partial charge on any atom is 0.273 e. The Hall–Kier alpha value is -2.40. The maximum atomic E-state index is 12.9. The lowest BCUT2D eigenvalue weighted by Crippen LogP contribution is -2.36. The molecular weight excluding hydrogens is 332 g/mol. The summed E-state index contributed by atoms with van der Waals surface area (Å²) < 4.78 is 5.62. The van der Waals surface area contributed by atoms with Gasteiger partial charge in [-0.15, -0.1) is 11.3 Å². The van der Waals surface area contributed by atoms with Crippen LogP contribution in [0.1, 0.15) is 46.4 Å². The van der Waals surface area contributed by atoms with Crippen molar-refractivity contribution >= 4 is 17.2 Å². The Bertz CT molecular complexity index is 836. The van der Waals surface area contributed by atoms with Crippen LogP contribution in [0, 0.1) is 6.92 Å². The van der Waals surface area contributed by atoms with Crippen LogP contribution in [0.15, 0.2) is 52.3 Å². The molecule has 0 N–H and O–H groups in total. The third-order valence-electron chi connectivity index (χ3n) is 3.98. The van der Waals surface area contributed by atoms with Crippen LogP contribution < -0.4 is 0 Å². The molecule has 4 nitrogen and oxygen atoms in total. The Morgan fingerprint density at radius 3 is 2.60 bits per heavy atom. The molecule has 25 heavy (non-hydrogen) atoms. The molecule has 2 aromatic heterocycles. The molecule has 5 heteroatoms. The zero-order valence-electron chi connectivity index (χ0n) is 14.7. The number of amides is 1. The number of carbonyl (C=O) groups is 1. The summed E-state index contributed by atoms with van der Waals surface area (Å²) >= 11 is 1.53. The summed E-state index contributed by atoms with van der Waals surface area (Å²) in [7, 11) is 0. The molecule has 0 saturated carbocycles. The molecule has 0 aliphatic heterocycles. The first kappa shape index (κ1) is 17.4. The molecule has 1 amide bonds. The molecule has 0 radical (unpaired) electrons. The van der Waals surface area contributed by atoms with E-state index in [0.717, 1.165) is 22.9 Å². The highest BCUT2D eigenvalue weighted by atomic mass is 32.1. The minimum Gasteiger partial charge on any atom is -0.464 e. The van der Waals surface area contributed by atoms with E-state index < -0.39 is 0 Å². The lowest BCUT2D eigenvalue weighted by Gasteiger charge is -2.25. The van der Waals surface area contributed by atoms with Gasteiger partial charge in [-0.3, -0.25) is 4.79 Å². The first-order valence-corrected chi connectivity index (χ1v) is 9.25. The van der Waals surface area contributed by atoms with Gasteiger partial charge in [0.1, 0.15) is 17.2 Å². The second-order valence-corrected chi connectivity index (χ2v) is 7.27. The molecule has 0 bridgehead atoms. The molecule has 0 spiro atoms. The van der Waals surface area contributed by atoms with Crippen molar-refractivity contribution in [2.45, 2.75) is 39.8 Å². The second-order valence-electron chi connectivity index (χ2n) is 6.33.